The van der Waals surface area contributed by atoms with E-state index in [1.807, 2.05) is 0 Å². The van der Waals surface area contributed by atoms with Crippen molar-refractivity contribution >= 4 is 0 Å². The first-order valence-electron chi connectivity index (χ1n) is 7.12. The predicted molar refractivity (Wildman–Crippen MR) is 70.8 cm³/mol. The number of nitrogens with zero attached hydrogens (tertiary/aromatic N) is 1. The maximum Gasteiger partial charge on any atom is 0.0564 e. The van der Waals surface area contributed by atoms with Crippen molar-refractivity contribution in [3.05, 3.63) is 0 Å². The Morgan fingerprint density at radius 1 is 1.24 bits per heavy atom. The first-order valence-corrected chi connectivity index (χ1v) is 7.12. The average molecular weight is 240 g/mol. The SMILES string of the molecule is CC1(C)CCC(N)C(CN2CCC(O)CC2)C1. The zero-order chi connectivity index (χ0) is 12.5. The van der Waals surface area contributed by atoms with Gasteiger partial charge in [-0.15, -0.1) is 0 Å². The summed E-state index contributed by atoms with van der Waals surface area (Å²) in [7, 11) is 0. The van der Waals surface area contributed by atoms with E-state index in [0.29, 0.717) is 17.4 Å². The third kappa shape index (κ3) is 3.67. The third-order valence-electron chi connectivity index (χ3n) is 4.62. The molecule has 0 spiro atoms. The van der Waals surface area contributed by atoms with E-state index in [0.717, 1.165) is 32.5 Å². The van der Waals surface area contributed by atoms with Gasteiger partial charge in [-0.1, -0.05) is 13.8 Å². The zero-order valence-corrected chi connectivity index (χ0v) is 11.4. The number of aliphatic hydroxyl groups excluding tert-OH is 1. The largest absolute Gasteiger partial charge is 0.393 e. The fourth-order valence-corrected chi connectivity index (χ4v) is 3.39. The molecule has 0 bridgehead atoms. The van der Waals surface area contributed by atoms with Crippen LogP contribution in [0, 0.1) is 11.3 Å². The van der Waals surface area contributed by atoms with Crippen LogP contribution >= 0.6 is 0 Å². The maximum absolute atomic E-state index is 9.52. The van der Waals surface area contributed by atoms with E-state index in [2.05, 4.69) is 18.7 Å². The Labute approximate surface area is 105 Å². The molecule has 1 saturated carbocycles. The summed E-state index contributed by atoms with van der Waals surface area (Å²) in [5, 5.41) is 9.52. The molecule has 0 aromatic rings. The molecule has 100 valence electrons. The Bertz CT molecular complexity index is 247. The highest BCUT2D eigenvalue weighted by Crippen LogP contribution is 2.38. The third-order valence-corrected chi connectivity index (χ3v) is 4.62. The van der Waals surface area contributed by atoms with Crippen molar-refractivity contribution in [3.8, 4) is 0 Å². The van der Waals surface area contributed by atoms with Crippen LogP contribution in [-0.2, 0) is 0 Å². The Morgan fingerprint density at radius 2 is 1.88 bits per heavy atom. The lowest BCUT2D eigenvalue weighted by Crippen LogP contribution is -2.47. The van der Waals surface area contributed by atoms with Crippen molar-refractivity contribution in [3.63, 3.8) is 0 Å². The second kappa shape index (κ2) is 5.25. The van der Waals surface area contributed by atoms with Gasteiger partial charge in [-0.05, 0) is 43.4 Å². The van der Waals surface area contributed by atoms with Crippen LogP contribution in [0.1, 0.15) is 46.0 Å². The monoisotopic (exact) mass is 240 g/mol. The molecule has 0 radical (unpaired) electrons. The van der Waals surface area contributed by atoms with Crippen molar-refractivity contribution < 1.29 is 5.11 Å². The van der Waals surface area contributed by atoms with E-state index in [9.17, 15) is 5.11 Å². The molecule has 1 aliphatic carbocycles. The van der Waals surface area contributed by atoms with E-state index in [1.54, 1.807) is 0 Å². The predicted octanol–water partition coefficient (Wildman–Crippen LogP) is 1.60. The smallest absolute Gasteiger partial charge is 0.0564 e. The number of likely N-dealkylation sites (tertiary alicyclic amines) is 1. The molecule has 2 fully saturated rings. The van der Waals surface area contributed by atoms with E-state index < -0.39 is 0 Å². The molecule has 3 heteroatoms. The molecule has 1 heterocycles. The molecule has 2 rings (SSSR count). The van der Waals surface area contributed by atoms with Crippen LogP contribution in [0.25, 0.3) is 0 Å². The van der Waals surface area contributed by atoms with Crippen LogP contribution in [-0.4, -0.2) is 41.8 Å². The summed E-state index contributed by atoms with van der Waals surface area (Å²) in [4.78, 5) is 2.50. The van der Waals surface area contributed by atoms with Crippen molar-refractivity contribution in [1.29, 1.82) is 0 Å². The number of piperidine rings is 1. The van der Waals surface area contributed by atoms with Gasteiger partial charge in [0.25, 0.3) is 0 Å². The van der Waals surface area contributed by atoms with Gasteiger partial charge in [0.15, 0.2) is 0 Å². The van der Waals surface area contributed by atoms with Crippen molar-refractivity contribution in [2.24, 2.45) is 17.1 Å². The summed E-state index contributed by atoms with van der Waals surface area (Å²) < 4.78 is 0. The van der Waals surface area contributed by atoms with E-state index in [-0.39, 0.29) is 6.10 Å². The maximum atomic E-state index is 9.52. The summed E-state index contributed by atoms with van der Waals surface area (Å²) >= 11 is 0. The molecule has 0 aromatic carbocycles. The lowest BCUT2D eigenvalue weighted by molar-refractivity contribution is 0.0560. The van der Waals surface area contributed by atoms with Crippen LogP contribution < -0.4 is 5.73 Å². The first-order chi connectivity index (χ1) is 7.96. The second-order valence-corrected chi connectivity index (χ2v) is 6.86. The van der Waals surface area contributed by atoms with Gasteiger partial charge in [0.05, 0.1) is 6.10 Å². The van der Waals surface area contributed by atoms with Crippen LogP contribution in [0.4, 0.5) is 0 Å². The number of hydrogen-bond acceptors (Lipinski definition) is 3. The Morgan fingerprint density at radius 3 is 2.53 bits per heavy atom. The number of rotatable bonds is 2. The normalized spacial score (nSPS) is 36.0. The molecular formula is C14H28N2O. The summed E-state index contributed by atoms with van der Waals surface area (Å²) in [6.07, 6.45) is 5.50. The van der Waals surface area contributed by atoms with Crippen molar-refractivity contribution in [1.82, 2.24) is 4.90 Å². The topological polar surface area (TPSA) is 49.5 Å². The highest BCUT2D eigenvalue weighted by Gasteiger charge is 2.34. The Kier molecular flexibility index (Phi) is 4.11. The highest BCUT2D eigenvalue weighted by atomic mass is 16.3. The van der Waals surface area contributed by atoms with Crippen LogP contribution in [0.2, 0.25) is 0 Å². The van der Waals surface area contributed by atoms with Gasteiger partial charge in [-0.25, -0.2) is 0 Å². The van der Waals surface area contributed by atoms with Gasteiger partial charge in [-0.2, -0.15) is 0 Å². The number of hydrogen-bond donors (Lipinski definition) is 2. The van der Waals surface area contributed by atoms with Gasteiger partial charge < -0.3 is 15.7 Å². The Hall–Kier alpha value is -0.120. The lowest BCUT2D eigenvalue weighted by atomic mass is 9.70. The molecule has 3 N–H and O–H groups in total. The van der Waals surface area contributed by atoms with E-state index >= 15 is 0 Å². The second-order valence-electron chi connectivity index (χ2n) is 6.86. The highest BCUT2D eigenvalue weighted by molar-refractivity contribution is 4.89. The minimum atomic E-state index is -0.0669. The molecule has 2 aliphatic rings. The molecule has 0 amide bonds. The molecule has 1 saturated heterocycles. The number of aliphatic hydroxyl groups is 1. The zero-order valence-electron chi connectivity index (χ0n) is 11.4. The van der Waals surface area contributed by atoms with Crippen LogP contribution in [0.5, 0.6) is 0 Å². The molecule has 2 atom stereocenters. The quantitative estimate of drug-likeness (QED) is 0.771. The van der Waals surface area contributed by atoms with Gasteiger partial charge >= 0.3 is 0 Å². The average Bonchev–Trinajstić information content (AvgIpc) is 2.26. The minimum absolute atomic E-state index is 0.0669. The van der Waals surface area contributed by atoms with Crippen LogP contribution in [0.3, 0.4) is 0 Å². The molecule has 17 heavy (non-hydrogen) atoms. The van der Waals surface area contributed by atoms with Gasteiger partial charge in [-0.3, -0.25) is 0 Å². The number of nitrogens with two attached hydrogens (primary N) is 1. The fraction of sp³-hybridized carbons (Fsp3) is 1.00. The first kappa shape index (κ1) is 13.3. The standard InChI is InChI=1S/C14H28N2O/c1-14(2)6-3-13(15)11(9-14)10-16-7-4-12(17)5-8-16/h11-13,17H,3-10,15H2,1-2H3. The molecule has 1 aliphatic heterocycles. The van der Waals surface area contributed by atoms with Gasteiger partial charge in [0.2, 0.25) is 0 Å². The molecule has 2 unspecified atom stereocenters. The lowest BCUT2D eigenvalue weighted by Gasteiger charge is -2.42. The minimum Gasteiger partial charge on any atom is -0.393 e. The summed E-state index contributed by atoms with van der Waals surface area (Å²) in [6, 6.07) is 0.384. The van der Waals surface area contributed by atoms with Crippen LogP contribution in [0.15, 0.2) is 0 Å². The van der Waals surface area contributed by atoms with Gasteiger partial charge in [0, 0.05) is 25.7 Å². The Balaban J connectivity index is 1.84. The van der Waals surface area contributed by atoms with Crippen molar-refractivity contribution in [2.75, 3.05) is 19.6 Å². The summed E-state index contributed by atoms with van der Waals surface area (Å²) in [5.41, 5.74) is 6.74. The van der Waals surface area contributed by atoms with E-state index in [1.165, 1.54) is 19.3 Å². The fourth-order valence-electron chi connectivity index (χ4n) is 3.39. The molecule has 0 aromatic heterocycles. The van der Waals surface area contributed by atoms with Gasteiger partial charge in [0.1, 0.15) is 0 Å². The summed E-state index contributed by atoms with van der Waals surface area (Å²) in [6.45, 7) is 7.96. The van der Waals surface area contributed by atoms with E-state index in [4.69, 9.17) is 5.73 Å². The molecule has 3 nitrogen and oxygen atoms in total. The molecular weight excluding hydrogens is 212 g/mol. The van der Waals surface area contributed by atoms with Crippen molar-refractivity contribution in [2.45, 2.75) is 58.1 Å². The summed E-state index contributed by atoms with van der Waals surface area (Å²) in [5.74, 6) is 0.647.